The van der Waals surface area contributed by atoms with Crippen LogP contribution in [-0.2, 0) is 6.42 Å². The van der Waals surface area contributed by atoms with Crippen LogP contribution in [-0.4, -0.2) is 21.1 Å². The molecular weight excluding hydrogens is 408 g/mol. The van der Waals surface area contributed by atoms with Crippen molar-refractivity contribution in [3.8, 4) is 11.5 Å². The summed E-state index contributed by atoms with van der Waals surface area (Å²) < 4.78 is 5.39. The summed E-state index contributed by atoms with van der Waals surface area (Å²) in [4.78, 5) is 25.0. The van der Waals surface area contributed by atoms with E-state index in [2.05, 4.69) is 6.08 Å². The van der Waals surface area contributed by atoms with Crippen LogP contribution in [0.15, 0.2) is 38.6 Å². The molecule has 0 aliphatic rings. The summed E-state index contributed by atoms with van der Waals surface area (Å²) >= 11 is 0. The normalized spacial score (nSPS) is 12.8. The third-order valence-electron chi connectivity index (χ3n) is 5.51. The Labute approximate surface area is 188 Å². The molecule has 0 fully saturated rings. The van der Waals surface area contributed by atoms with E-state index >= 15 is 0 Å². The fourth-order valence-corrected chi connectivity index (χ4v) is 3.72. The van der Waals surface area contributed by atoms with Gasteiger partial charge in [-0.2, -0.15) is 0 Å². The van der Waals surface area contributed by atoms with Crippen LogP contribution in [0.4, 0.5) is 0 Å². The molecule has 1 aromatic carbocycles. The topological polar surface area (TPSA) is 108 Å². The van der Waals surface area contributed by atoms with Crippen LogP contribution in [0.25, 0.3) is 11.0 Å². The number of carbonyl (C=O) groups excluding carboxylic acids is 1. The Morgan fingerprint density at radius 2 is 1.78 bits per heavy atom. The highest BCUT2D eigenvalue weighted by Crippen LogP contribution is 2.43. The van der Waals surface area contributed by atoms with Gasteiger partial charge in [-0.15, -0.1) is 0 Å². The van der Waals surface area contributed by atoms with Crippen LogP contribution in [0.3, 0.4) is 0 Å². The molecule has 0 aliphatic heterocycles. The third-order valence-corrected chi connectivity index (χ3v) is 5.51. The zero-order chi connectivity index (χ0) is 24.0. The number of Topliss-reactive ketones (excluding diaryl/α,β-unsaturated/α-hetero) is 1. The highest BCUT2D eigenvalue weighted by atomic mass is 16.4. The van der Waals surface area contributed by atoms with Crippen LogP contribution in [0, 0.1) is 0 Å². The number of ketones is 1. The maximum atomic E-state index is 12.7. The predicted octanol–water partition coefficient (Wildman–Crippen LogP) is 5.87. The van der Waals surface area contributed by atoms with Crippen molar-refractivity contribution in [2.24, 2.45) is 0 Å². The number of aromatic hydroxyl groups is 2. The summed E-state index contributed by atoms with van der Waals surface area (Å²) in [5.74, 6) is -1.25. The van der Waals surface area contributed by atoms with Gasteiger partial charge < -0.3 is 19.7 Å². The summed E-state index contributed by atoms with van der Waals surface area (Å²) in [6.07, 6.45) is 5.95. The van der Waals surface area contributed by atoms with Crippen molar-refractivity contribution in [2.75, 3.05) is 0 Å². The average molecular weight is 443 g/mol. The molecule has 0 spiro atoms. The van der Waals surface area contributed by atoms with Crippen molar-refractivity contribution >= 4 is 16.8 Å². The molecule has 2 rings (SSSR count). The van der Waals surface area contributed by atoms with Crippen molar-refractivity contribution in [3.05, 3.63) is 56.5 Å². The first kappa shape index (κ1) is 25.4. The molecule has 1 atom stereocenters. The maximum Gasteiger partial charge on any atom is 0.336 e. The largest absolute Gasteiger partial charge is 0.507 e. The van der Waals surface area contributed by atoms with E-state index in [0.29, 0.717) is 12.8 Å². The number of phenolic OH excluding ortho intramolecular Hbond substituents is 2. The fraction of sp³-hybridized carbons (Fsp3) is 0.462. The molecule has 6 heteroatoms. The van der Waals surface area contributed by atoms with Crippen molar-refractivity contribution in [1.82, 2.24) is 0 Å². The van der Waals surface area contributed by atoms with Crippen LogP contribution in [0.5, 0.6) is 11.5 Å². The van der Waals surface area contributed by atoms with Gasteiger partial charge in [-0.05, 0) is 52.9 Å². The highest BCUT2D eigenvalue weighted by Gasteiger charge is 2.28. The zero-order valence-electron chi connectivity index (χ0n) is 19.6. The van der Waals surface area contributed by atoms with Crippen LogP contribution in [0.1, 0.15) is 94.3 Å². The molecule has 174 valence electrons. The van der Waals surface area contributed by atoms with E-state index in [1.165, 1.54) is 5.57 Å². The Hall–Kier alpha value is -2.86. The van der Waals surface area contributed by atoms with Crippen molar-refractivity contribution < 1.29 is 24.5 Å². The maximum absolute atomic E-state index is 12.7. The second kappa shape index (κ2) is 11.1. The quantitative estimate of drug-likeness (QED) is 0.241. The lowest BCUT2D eigenvalue weighted by molar-refractivity contribution is 0.0976. The molecule has 3 N–H and O–H groups in total. The van der Waals surface area contributed by atoms with Gasteiger partial charge in [0.2, 0.25) is 0 Å². The standard InChI is InChI=1S/C26H34O6/c1-6-9-20(28)23-24(30)17(13-12-16(5)11-8-10-15(3)4)26-22(25(23)31)18(19(27)7-2)14-21(29)32-26/h10,12,14,19,27,30-31H,6-9,11,13H2,1-5H3/b16-12+/t19-/m0/s1. The lowest BCUT2D eigenvalue weighted by Crippen LogP contribution is -2.09. The van der Waals surface area contributed by atoms with Crippen LogP contribution < -0.4 is 5.63 Å². The second-order valence-electron chi connectivity index (χ2n) is 8.45. The average Bonchev–Trinajstić information content (AvgIpc) is 2.72. The Morgan fingerprint density at radius 3 is 2.38 bits per heavy atom. The predicted molar refractivity (Wildman–Crippen MR) is 126 cm³/mol. The number of fused-ring (bicyclic) bond motifs is 1. The molecule has 32 heavy (non-hydrogen) atoms. The molecule has 0 aliphatic carbocycles. The second-order valence-corrected chi connectivity index (χ2v) is 8.45. The van der Waals surface area contributed by atoms with Gasteiger partial charge in [0, 0.05) is 23.6 Å². The summed E-state index contributed by atoms with van der Waals surface area (Å²) in [6.45, 7) is 9.63. The SMILES string of the molecule is CCCC(=O)c1c(O)c(C/C=C(\C)CCC=C(C)C)c2oc(=O)cc([C@@H](O)CC)c2c1O. The number of phenols is 2. The number of aliphatic hydroxyl groups excluding tert-OH is 1. The number of carbonyl (C=O) groups is 1. The molecule has 0 radical (unpaired) electrons. The molecule has 1 heterocycles. The summed E-state index contributed by atoms with van der Waals surface area (Å²) in [5, 5.41) is 32.5. The highest BCUT2D eigenvalue weighted by molar-refractivity contribution is 6.08. The molecule has 2 aromatic rings. The van der Waals surface area contributed by atoms with E-state index < -0.39 is 23.3 Å². The minimum Gasteiger partial charge on any atom is -0.507 e. The minimum absolute atomic E-state index is 0.00334. The summed E-state index contributed by atoms with van der Waals surface area (Å²) in [6, 6.07) is 1.13. The van der Waals surface area contributed by atoms with Crippen molar-refractivity contribution in [3.63, 3.8) is 0 Å². The molecular formula is C26H34O6. The molecule has 0 saturated heterocycles. The summed E-state index contributed by atoms with van der Waals surface area (Å²) in [5.41, 5.74) is 1.87. The van der Waals surface area contributed by atoms with Gasteiger partial charge in [0.25, 0.3) is 0 Å². The van der Waals surface area contributed by atoms with Crippen LogP contribution >= 0.6 is 0 Å². The van der Waals surface area contributed by atoms with E-state index in [-0.39, 0.29) is 46.3 Å². The van der Waals surface area contributed by atoms with Gasteiger partial charge in [-0.3, -0.25) is 4.79 Å². The van der Waals surface area contributed by atoms with E-state index in [1.807, 2.05) is 33.8 Å². The molecule has 0 amide bonds. The Kier molecular flexibility index (Phi) is 8.84. The minimum atomic E-state index is -1.03. The third kappa shape index (κ3) is 5.68. The van der Waals surface area contributed by atoms with Crippen molar-refractivity contribution in [1.29, 1.82) is 0 Å². The Balaban J connectivity index is 2.74. The van der Waals surface area contributed by atoms with Gasteiger partial charge in [0.1, 0.15) is 22.6 Å². The fourth-order valence-electron chi connectivity index (χ4n) is 3.72. The van der Waals surface area contributed by atoms with Gasteiger partial charge in [0.15, 0.2) is 5.78 Å². The monoisotopic (exact) mass is 442 g/mol. The number of rotatable bonds is 10. The molecule has 1 aromatic heterocycles. The first-order valence-electron chi connectivity index (χ1n) is 11.2. The van der Waals surface area contributed by atoms with Gasteiger partial charge >= 0.3 is 5.63 Å². The molecule has 0 bridgehead atoms. The number of benzene rings is 1. The van der Waals surface area contributed by atoms with E-state index in [1.54, 1.807) is 6.92 Å². The smallest absolute Gasteiger partial charge is 0.336 e. The Morgan fingerprint density at radius 1 is 1.09 bits per heavy atom. The lowest BCUT2D eigenvalue weighted by Gasteiger charge is -2.18. The molecule has 6 nitrogen and oxygen atoms in total. The lowest BCUT2D eigenvalue weighted by atomic mass is 9.92. The molecule has 0 saturated carbocycles. The number of hydrogen-bond acceptors (Lipinski definition) is 6. The van der Waals surface area contributed by atoms with Gasteiger partial charge in [0.05, 0.1) is 11.5 Å². The van der Waals surface area contributed by atoms with Gasteiger partial charge in [-0.1, -0.05) is 37.1 Å². The zero-order valence-corrected chi connectivity index (χ0v) is 19.6. The summed E-state index contributed by atoms with van der Waals surface area (Å²) in [7, 11) is 0. The first-order chi connectivity index (χ1) is 15.1. The van der Waals surface area contributed by atoms with Gasteiger partial charge in [-0.25, -0.2) is 4.79 Å². The Bertz CT molecular complexity index is 1100. The van der Waals surface area contributed by atoms with E-state index in [9.17, 15) is 24.9 Å². The van der Waals surface area contributed by atoms with Crippen molar-refractivity contribution in [2.45, 2.75) is 79.2 Å². The van der Waals surface area contributed by atoms with Crippen LogP contribution in [0.2, 0.25) is 0 Å². The number of hydrogen-bond donors (Lipinski definition) is 3. The number of aliphatic hydroxyl groups is 1. The molecule has 0 unspecified atom stereocenters. The number of allylic oxidation sites excluding steroid dienone is 4. The van der Waals surface area contributed by atoms with E-state index in [4.69, 9.17) is 4.42 Å². The van der Waals surface area contributed by atoms with E-state index in [0.717, 1.165) is 24.5 Å². The first-order valence-corrected chi connectivity index (χ1v) is 11.2.